The minimum atomic E-state index is 0.0536. The zero-order valence-corrected chi connectivity index (χ0v) is 9.84. The molecule has 4 nitrogen and oxygen atoms in total. The number of hydrogen-bond acceptors (Lipinski definition) is 3. The Morgan fingerprint density at radius 3 is 2.81 bits per heavy atom. The van der Waals surface area contributed by atoms with Crippen LogP contribution in [0.5, 0.6) is 0 Å². The second-order valence-corrected chi connectivity index (χ2v) is 4.92. The highest BCUT2D eigenvalue weighted by Crippen LogP contribution is 2.17. The van der Waals surface area contributed by atoms with Crippen LogP contribution < -0.4 is 10.6 Å². The van der Waals surface area contributed by atoms with Crippen LogP contribution in [-0.2, 0) is 9.53 Å². The average molecular weight is 226 g/mol. The number of carbonyl (C=O) groups is 1. The van der Waals surface area contributed by atoms with Crippen molar-refractivity contribution >= 4 is 5.91 Å². The molecule has 0 aromatic heterocycles. The van der Waals surface area contributed by atoms with Gasteiger partial charge in [-0.3, -0.25) is 4.79 Å². The van der Waals surface area contributed by atoms with E-state index in [0.29, 0.717) is 18.6 Å². The summed E-state index contributed by atoms with van der Waals surface area (Å²) in [5.41, 5.74) is 0. The lowest BCUT2D eigenvalue weighted by atomic mass is 10.1. The van der Waals surface area contributed by atoms with E-state index in [1.165, 1.54) is 19.3 Å². The molecule has 1 aliphatic heterocycles. The lowest BCUT2D eigenvalue weighted by Gasteiger charge is -2.13. The summed E-state index contributed by atoms with van der Waals surface area (Å²) >= 11 is 0. The van der Waals surface area contributed by atoms with Crippen LogP contribution in [-0.4, -0.2) is 38.3 Å². The maximum atomic E-state index is 11.5. The fourth-order valence-corrected chi connectivity index (χ4v) is 2.51. The quantitative estimate of drug-likeness (QED) is 0.724. The van der Waals surface area contributed by atoms with Crippen molar-refractivity contribution in [1.82, 2.24) is 10.6 Å². The predicted octanol–water partition coefficient (Wildman–Crippen LogP) is 0.671. The van der Waals surface area contributed by atoms with Gasteiger partial charge in [0.1, 0.15) is 6.61 Å². The van der Waals surface area contributed by atoms with E-state index >= 15 is 0 Å². The molecule has 1 atom stereocenters. The molecule has 1 saturated heterocycles. The van der Waals surface area contributed by atoms with Gasteiger partial charge in [0, 0.05) is 12.6 Å². The van der Waals surface area contributed by atoms with Gasteiger partial charge in [-0.2, -0.15) is 0 Å². The van der Waals surface area contributed by atoms with Crippen molar-refractivity contribution in [2.75, 3.05) is 26.3 Å². The minimum absolute atomic E-state index is 0.0536. The molecule has 1 amide bonds. The molecule has 0 radical (unpaired) electrons. The maximum absolute atomic E-state index is 11.5. The van der Waals surface area contributed by atoms with Crippen molar-refractivity contribution in [2.24, 2.45) is 5.92 Å². The number of ether oxygens (including phenoxy) is 1. The third-order valence-corrected chi connectivity index (χ3v) is 3.47. The van der Waals surface area contributed by atoms with Gasteiger partial charge >= 0.3 is 0 Å². The van der Waals surface area contributed by atoms with E-state index in [9.17, 15) is 4.79 Å². The summed E-state index contributed by atoms with van der Waals surface area (Å²) in [5.74, 6) is 0.650. The van der Waals surface area contributed by atoms with Crippen LogP contribution in [0, 0.1) is 5.92 Å². The molecule has 0 aromatic carbocycles. The topological polar surface area (TPSA) is 50.4 Å². The van der Waals surface area contributed by atoms with E-state index in [4.69, 9.17) is 4.74 Å². The first kappa shape index (κ1) is 11.9. The Morgan fingerprint density at radius 1 is 1.31 bits per heavy atom. The third kappa shape index (κ3) is 3.76. The monoisotopic (exact) mass is 226 g/mol. The van der Waals surface area contributed by atoms with E-state index < -0.39 is 0 Å². The van der Waals surface area contributed by atoms with E-state index in [0.717, 1.165) is 25.9 Å². The van der Waals surface area contributed by atoms with Crippen molar-refractivity contribution in [3.63, 3.8) is 0 Å². The normalized spacial score (nSPS) is 26.1. The van der Waals surface area contributed by atoms with Crippen LogP contribution >= 0.6 is 0 Å². The van der Waals surface area contributed by atoms with Gasteiger partial charge in [-0.05, 0) is 31.7 Å². The van der Waals surface area contributed by atoms with Gasteiger partial charge in [0.05, 0.1) is 6.61 Å². The highest BCUT2D eigenvalue weighted by molar-refractivity contribution is 5.77. The molecule has 2 N–H and O–H groups in total. The van der Waals surface area contributed by atoms with Gasteiger partial charge in [0.15, 0.2) is 0 Å². The van der Waals surface area contributed by atoms with Crippen molar-refractivity contribution < 1.29 is 9.53 Å². The van der Waals surface area contributed by atoms with Crippen LogP contribution in [0.1, 0.15) is 32.1 Å². The van der Waals surface area contributed by atoms with Gasteiger partial charge in [-0.25, -0.2) is 0 Å². The molecule has 16 heavy (non-hydrogen) atoms. The zero-order chi connectivity index (χ0) is 11.2. The lowest BCUT2D eigenvalue weighted by Crippen LogP contribution is -2.35. The van der Waals surface area contributed by atoms with Crippen LogP contribution in [0.25, 0.3) is 0 Å². The summed E-state index contributed by atoms with van der Waals surface area (Å²) in [7, 11) is 0. The molecule has 1 saturated carbocycles. The molecular formula is C12H22N2O2. The first-order valence-corrected chi connectivity index (χ1v) is 6.42. The Morgan fingerprint density at radius 2 is 2.12 bits per heavy atom. The summed E-state index contributed by atoms with van der Waals surface area (Å²) < 4.78 is 5.44. The lowest BCUT2D eigenvalue weighted by molar-refractivity contribution is -0.126. The van der Waals surface area contributed by atoms with E-state index in [1.54, 1.807) is 0 Å². The fourth-order valence-electron chi connectivity index (χ4n) is 2.51. The summed E-state index contributed by atoms with van der Waals surface area (Å²) in [4.78, 5) is 11.5. The number of nitrogens with one attached hydrogen (secondary N) is 2. The van der Waals surface area contributed by atoms with Crippen LogP contribution in [0.3, 0.4) is 0 Å². The molecule has 1 heterocycles. The molecular weight excluding hydrogens is 204 g/mol. The number of carbonyl (C=O) groups excluding carboxylic acids is 1. The van der Waals surface area contributed by atoms with Crippen molar-refractivity contribution in [3.05, 3.63) is 0 Å². The molecule has 2 fully saturated rings. The van der Waals surface area contributed by atoms with Gasteiger partial charge in [0.25, 0.3) is 0 Å². The minimum Gasteiger partial charge on any atom is -0.371 e. The first-order chi connectivity index (χ1) is 7.84. The Balaban J connectivity index is 1.52. The molecule has 1 aliphatic carbocycles. The number of rotatable bonds is 5. The summed E-state index contributed by atoms with van der Waals surface area (Å²) in [6.45, 7) is 3.06. The maximum Gasteiger partial charge on any atom is 0.246 e. The third-order valence-electron chi connectivity index (χ3n) is 3.47. The molecule has 2 aliphatic rings. The molecule has 0 bridgehead atoms. The summed E-state index contributed by atoms with van der Waals surface area (Å²) in [6.07, 6.45) is 5.94. The fraction of sp³-hybridized carbons (Fsp3) is 0.917. The Hall–Kier alpha value is -0.610. The average Bonchev–Trinajstić information content (AvgIpc) is 2.90. The Bertz CT molecular complexity index is 221. The Labute approximate surface area is 97.1 Å². The predicted molar refractivity (Wildman–Crippen MR) is 62.2 cm³/mol. The number of hydrogen-bond donors (Lipinski definition) is 2. The van der Waals surface area contributed by atoms with Crippen LogP contribution in [0.15, 0.2) is 0 Å². The second-order valence-electron chi connectivity index (χ2n) is 4.92. The molecule has 92 valence electrons. The summed E-state index contributed by atoms with van der Waals surface area (Å²) in [6, 6.07) is 0.407. The highest BCUT2D eigenvalue weighted by Gasteiger charge is 2.18. The molecule has 1 unspecified atom stereocenters. The van der Waals surface area contributed by atoms with Gasteiger partial charge in [-0.1, -0.05) is 12.8 Å². The summed E-state index contributed by atoms with van der Waals surface area (Å²) in [5, 5.41) is 6.31. The smallest absolute Gasteiger partial charge is 0.246 e. The SMILES string of the molecule is O=C(COCC1CCNC1)NC1CCCC1. The highest BCUT2D eigenvalue weighted by atomic mass is 16.5. The van der Waals surface area contributed by atoms with Crippen molar-refractivity contribution in [3.8, 4) is 0 Å². The molecule has 0 spiro atoms. The zero-order valence-electron chi connectivity index (χ0n) is 9.84. The molecule has 4 heteroatoms. The van der Waals surface area contributed by atoms with Gasteiger partial charge < -0.3 is 15.4 Å². The van der Waals surface area contributed by atoms with E-state index in [2.05, 4.69) is 10.6 Å². The first-order valence-electron chi connectivity index (χ1n) is 6.42. The van der Waals surface area contributed by atoms with Crippen LogP contribution in [0.2, 0.25) is 0 Å². The van der Waals surface area contributed by atoms with Crippen molar-refractivity contribution in [2.45, 2.75) is 38.1 Å². The molecule has 2 rings (SSSR count). The van der Waals surface area contributed by atoms with Crippen molar-refractivity contribution in [1.29, 1.82) is 0 Å². The van der Waals surface area contributed by atoms with E-state index in [1.807, 2.05) is 0 Å². The van der Waals surface area contributed by atoms with Gasteiger partial charge in [0.2, 0.25) is 5.91 Å². The van der Waals surface area contributed by atoms with Crippen LogP contribution in [0.4, 0.5) is 0 Å². The van der Waals surface area contributed by atoms with E-state index in [-0.39, 0.29) is 12.5 Å². The standard InChI is InChI=1S/C12H22N2O2/c15-12(14-11-3-1-2-4-11)9-16-8-10-5-6-13-7-10/h10-11,13H,1-9H2,(H,14,15). The second kappa shape index (κ2) is 6.21. The largest absolute Gasteiger partial charge is 0.371 e. The number of amides is 1. The van der Waals surface area contributed by atoms with Gasteiger partial charge in [-0.15, -0.1) is 0 Å². The Kier molecular flexibility index (Phi) is 4.60. The molecule has 0 aromatic rings.